The Bertz CT molecular complexity index is 625. The smallest absolute Gasteiger partial charge is 0.338 e. The van der Waals surface area contributed by atoms with Crippen LogP contribution < -0.4 is 5.32 Å². The van der Waals surface area contributed by atoms with Gasteiger partial charge in [-0.15, -0.1) is 11.3 Å². The predicted octanol–water partition coefficient (Wildman–Crippen LogP) is 3.16. The monoisotopic (exact) mass is 293 g/mol. The highest BCUT2D eigenvalue weighted by Crippen LogP contribution is 2.16. The van der Waals surface area contributed by atoms with Crippen molar-refractivity contribution in [1.82, 2.24) is 0 Å². The number of anilines is 1. The summed E-state index contributed by atoms with van der Waals surface area (Å²) in [7, 11) is 0. The van der Waals surface area contributed by atoms with Gasteiger partial charge in [-0.25, -0.2) is 9.18 Å². The molecule has 1 aromatic carbocycles. The Morgan fingerprint density at radius 1 is 1.30 bits per heavy atom. The van der Waals surface area contributed by atoms with Gasteiger partial charge in [0.1, 0.15) is 5.82 Å². The number of carbonyl (C=O) groups is 2. The molecule has 1 heterocycles. The van der Waals surface area contributed by atoms with Crippen LogP contribution in [-0.4, -0.2) is 17.0 Å². The van der Waals surface area contributed by atoms with E-state index in [9.17, 15) is 14.0 Å². The summed E-state index contributed by atoms with van der Waals surface area (Å²) < 4.78 is 13.2. The van der Waals surface area contributed by atoms with E-state index < -0.39 is 17.3 Å². The predicted molar refractivity (Wildman–Crippen MR) is 74.6 cm³/mol. The number of nitrogens with one attached hydrogen (secondary N) is 1. The summed E-state index contributed by atoms with van der Waals surface area (Å²) in [5.74, 6) is -2.42. The Balaban J connectivity index is 1.97. The number of carboxylic acid groups (broad SMARTS) is 1. The Hall–Kier alpha value is -2.21. The van der Waals surface area contributed by atoms with Gasteiger partial charge >= 0.3 is 5.97 Å². The number of carbonyl (C=O) groups excluding carboxylic acids is 1. The highest BCUT2D eigenvalue weighted by molar-refractivity contribution is 7.09. The lowest BCUT2D eigenvalue weighted by Gasteiger charge is -2.06. The van der Waals surface area contributed by atoms with E-state index in [4.69, 9.17) is 5.11 Å². The molecule has 0 unspecified atom stereocenters. The van der Waals surface area contributed by atoms with Crippen LogP contribution in [0.4, 0.5) is 10.1 Å². The molecule has 6 heteroatoms. The summed E-state index contributed by atoms with van der Waals surface area (Å²) in [4.78, 5) is 23.6. The summed E-state index contributed by atoms with van der Waals surface area (Å²) in [5.41, 5.74) is -0.180. The molecule has 1 aromatic heterocycles. The highest BCUT2D eigenvalue weighted by Gasteiger charge is 2.12. The average molecular weight is 293 g/mol. The summed E-state index contributed by atoms with van der Waals surface area (Å²) in [6, 6.07) is 7.33. The number of aromatic carboxylic acids is 1. The number of hydrogen-bond donors (Lipinski definition) is 2. The van der Waals surface area contributed by atoms with Crippen molar-refractivity contribution in [3.05, 3.63) is 52.0 Å². The summed E-state index contributed by atoms with van der Waals surface area (Å²) in [5, 5.41) is 13.3. The topological polar surface area (TPSA) is 66.4 Å². The zero-order valence-corrected chi connectivity index (χ0v) is 11.2. The second-order valence-corrected chi connectivity index (χ2v) is 5.16. The molecule has 104 valence electrons. The molecule has 0 aliphatic rings. The molecule has 4 nitrogen and oxygen atoms in total. The lowest BCUT2D eigenvalue weighted by molar-refractivity contribution is -0.116. The summed E-state index contributed by atoms with van der Waals surface area (Å²) in [6.07, 6.45) is 0.913. The minimum absolute atomic E-state index is 0.235. The Morgan fingerprint density at radius 3 is 2.75 bits per heavy atom. The molecule has 0 fully saturated rings. The third-order valence-electron chi connectivity index (χ3n) is 2.66. The van der Waals surface area contributed by atoms with Gasteiger partial charge in [-0.1, -0.05) is 6.07 Å². The standard InChI is InChI=1S/C14H12FNO3S/c15-12-5-3-9(8-11(12)14(18)19)16-13(17)6-4-10-2-1-7-20-10/h1-3,5,7-8H,4,6H2,(H,16,17)(H,18,19). The number of benzene rings is 1. The first-order valence-corrected chi connectivity index (χ1v) is 6.79. The molecule has 2 aromatic rings. The van der Waals surface area contributed by atoms with Crippen molar-refractivity contribution < 1.29 is 19.1 Å². The maximum Gasteiger partial charge on any atom is 0.338 e. The normalized spacial score (nSPS) is 10.2. The van der Waals surface area contributed by atoms with Crippen molar-refractivity contribution in [2.24, 2.45) is 0 Å². The van der Waals surface area contributed by atoms with Crippen LogP contribution in [-0.2, 0) is 11.2 Å². The zero-order chi connectivity index (χ0) is 14.5. The van der Waals surface area contributed by atoms with Crippen LogP contribution in [0.2, 0.25) is 0 Å². The Labute approximate surface area is 118 Å². The van der Waals surface area contributed by atoms with Gasteiger partial charge in [0.2, 0.25) is 5.91 Å². The quantitative estimate of drug-likeness (QED) is 0.890. The van der Waals surface area contributed by atoms with Crippen molar-refractivity contribution >= 4 is 28.9 Å². The third kappa shape index (κ3) is 3.64. The number of aryl methyl sites for hydroxylation is 1. The molecule has 0 aliphatic carbocycles. The van der Waals surface area contributed by atoms with Crippen LogP contribution in [0.5, 0.6) is 0 Å². The molecule has 0 saturated heterocycles. The van der Waals surface area contributed by atoms with E-state index in [-0.39, 0.29) is 11.6 Å². The van der Waals surface area contributed by atoms with Crippen LogP contribution in [0.1, 0.15) is 21.7 Å². The van der Waals surface area contributed by atoms with Crippen molar-refractivity contribution in [3.63, 3.8) is 0 Å². The number of hydrogen-bond acceptors (Lipinski definition) is 3. The highest BCUT2D eigenvalue weighted by atomic mass is 32.1. The fourth-order valence-corrected chi connectivity index (χ4v) is 2.39. The first kappa shape index (κ1) is 14.2. The molecule has 20 heavy (non-hydrogen) atoms. The molecule has 0 radical (unpaired) electrons. The largest absolute Gasteiger partial charge is 0.478 e. The Kier molecular flexibility index (Phi) is 4.47. The van der Waals surface area contributed by atoms with Crippen LogP contribution in [0.15, 0.2) is 35.7 Å². The molecule has 2 N–H and O–H groups in total. The summed E-state index contributed by atoms with van der Waals surface area (Å²) >= 11 is 1.57. The molecule has 0 bridgehead atoms. The van der Waals surface area contributed by atoms with E-state index in [0.29, 0.717) is 12.8 Å². The lowest BCUT2D eigenvalue weighted by Crippen LogP contribution is -2.13. The van der Waals surface area contributed by atoms with Crippen LogP contribution in [0.25, 0.3) is 0 Å². The number of thiophene rings is 1. The fourth-order valence-electron chi connectivity index (χ4n) is 1.68. The summed E-state index contributed by atoms with van der Waals surface area (Å²) in [6.45, 7) is 0. The average Bonchev–Trinajstić information content (AvgIpc) is 2.91. The molecule has 1 amide bonds. The van der Waals surface area contributed by atoms with Gasteiger partial charge < -0.3 is 10.4 Å². The van der Waals surface area contributed by atoms with E-state index in [2.05, 4.69) is 5.32 Å². The van der Waals surface area contributed by atoms with E-state index in [1.54, 1.807) is 11.3 Å². The maximum atomic E-state index is 13.2. The molecule has 2 rings (SSSR count). The minimum Gasteiger partial charge on any atom is -0.478 e. The lowest BCUT2D eigenvalue weighted by atomic mass is 10.2. The van der Waals surface area contributed by atoms with Crippen LogP contribution in [0, 0.1) is 5.82 Å². The molecular formula is C14H12FNO3S. The minimum atomic E-state index is -1.36. The molecule has 0 aliphatic heterocycles. The van der Waals surface area contributed by atoms with Gasteiger partial charge in [0, 0.05) is 17.0 Å². The van der Waals surface area contributed by atoms with E-state index in [1.165, 1.54) is 6.07 Å². The van der Waals surface area contributed by atoms with Gasteiger partial charge in [0.05, 0.1) is 5.56 Å². The molecule has 0 atom stereocenters. The van der Waals surface area contributed by atoms with Crippen molar-refractivity contribution in [2.75, 3.05) is 5.32 Å². The SMILES string of the molecule is O=C(CCc1cccs1)Nc1ccc(F)c(C(=O)O)c1. The van der Waals surface area contributed by atoms with Gasteiger partial charge in [-0.2, -0.15) is 0 Å². The van der Waals surface area contributed by atoms with Gasteiger partial charge in [-0.05, 0) is 36.1 Å². The number of halogens is 1. The number of carboxylic acids is 1. The van der Waals surface area contributed by atoms with Gasteiger partial charge in [0.15, 0.2) is 0 Å². The number of amides is 1. The first-order chi connectivity index (χ1) is 9.56. The molecule has 0 spiro atoms. The van der Waals surface area contributed by atoms with Gasteiger partial charge in [-0.3, -0.25) is 4.79 Å². The van der Waals surface area contributed by atoms with Crippen LogP contribution >= 0.6 is 11.3 Å². The fraction of sp³-hybridized carbons (Fsp3) is 0.143. The maximum absolute atomic E-state index is 13.2. The third-order valence-corrected chi connectivity index (χ3v) is 3.60. The van der Waals surface area contributed by atoms with Crippen molar-refractivity contribution in [1.29, 1.82) is 0 Å². The van der Waals surface area contributed by atoms with E-state index >= 15 is 0 Å². The Morgan fingerprint density at radius 2 is 2.10 bits per heavy atom. The van der Waals surface area contributed by atoms with E-state index in [1.807, 2.05) is 17.5 Å². The zero-order valence-electron chi connectivity index (χ0n) is 10.4. The second-order valence-electron chi connectivity index (χ2n) is 4.13. The first-order valence-electron chi connectivity index (χ1n) is 5.91. The van der Waals surface area contributed by atoms with Gasteiger partial charge in [0.25, 0.3) is 0 Å². The van der Waals surface area contributed by atoms with Crippen molar-refractivity contribution in [2.45, 2.75) is 12.8 Å². The van der Waals surface area contributed by atoms with Crippen LogP contribution in [0.3, 0.4) is 0 Å². The van der Waals surface area contributed by atoms with Crippen molar-refractivity contribution in [3.8, 4) is 0 Å². The molecular weight excluding hydrogens is 281 g/mol. The number of rotatable bonds is 5. The second kappa shape index (κ2) is 6.29. The van der Waals surface area contributed by atoms with E-state index in [0.717, 1.165) is 17.0 Å². The molecule has 0 saturated carbocycles.